The molecule has 0 saturated heterocycles. The lowest BCUT2D eigenvalue weighted by molar-refractivity contribution is -0.139. The quantitative estimate of drug-likeness (QED) is 0.556. The fourth-order valence-corrected chi connectivity index (χ4v) is 5.81. The largest absolute Gasteiger partial charge is 0.468 e. The van der Waals surface area contributed by atoms with Crippen LogP contribution in [-0.4, -0.2) is 41.8 Å². The number of rotatable bonds is 6. The van der Waals surface area contributed by atoms with Crippen LogP contribution in [0.2, 0.25) is 0 Å². The summed E-state index contributed by atoms with van der Waals surface area (Å²) in [6.07, 6.45) is 4.73. The molecular weight excluding hydrogens is 434 g/mol. The number of nitrogens with zero attached hydrogens (tertiary/aromatic N) is 1. The SMILES string of the molecule is COC(=O)CNC(=O)c1cccc(NC(=O)c2c(-n3cccc3)sc3c2CCSC3)c1. The van der Waals surface area contributed by atoms with E-state index >= 15 is 0 Å². The van der Waals surface area contributed by atoms with E-state index in [1.165, 1.54) is 12.0 Å². The topological polar surface area (TPSA) is 89.4 Å². The Labute approximate surface area is 187 Å². The fraction of sp³-hybridized carbons (Fsp3) is 0.227. The summed E-state index contributed by atoms with van der Waals surface area (Å²) >= 11 is 3.53. The second kappa shape index (κ2) is 9.40. The standard InChI is InChI=1S/C22H21N3O4S2/c1-29-18(26)12-23-20(27)14-5-4-6-15(11-14)24-21(28)19-16-7-10-30-13-17(16)31-22(19)25-8-2-3-9-25/h2-6,8-9,11H,7,10,12-13H2,1H3,(H,23,27)(H,24,28). The zero-order valence-corrected chi connectivity index (χ0v) is 18.5. The van der Waals surface area contributed by atoms with Gasteiger partial charge in [-0.05, 0) is 48.1 Å². The Bertz CT molecular complexity index is 1120. The van der Waals surface area contributed by atoms with Crippen molar-refractivity contribution in [3.8, 4) is 5.00 Å². The molecular formula is C22H21N3O4S2. The summed E-state index contributed by atoms with van der Waals surface area (Å²) in [5, 5.41) is 6.34. The highest BCUT2D eigenvalue weighted by Gasteiger charge is 2.26. The fourth-order valence-electron chi connectivity index (χ4n) is 3.36. The lowest BCUT2D eigenvalue weighted by Gasteiger charge is -2.13. The number of benzene rings is 1. The molecule has 9 heteroatoms. The van der Waals surface area contributed by atoms with Gasteiger partial charge in [0.25, 0.3) is 11.8 Å². The summed E-state index contributed by atoms with van der Waals surface area (Å²) in [4.78, 5) is 38.1. The average Bonchev–Trinajstić information content (AvgIpc) is 3.45. The number of thioether (sulfide) groups is 1. The Kier molecular flexibility index (Phi) is 6.43. The minimum Gasteiger partial charge on any atom is -0.468 e. The number of carbonyl (C=O) groups is 3. The number of amides is 2. The molecule has 1 aromatic carbocycles. The molecule has 0 bridgehead atoms. The Morgan fingerprint density at radius 3 is 2.71 bits per heavy atom. The van der Waals surface area contributed by atoms with Crippen LogP contribution in [0.15, 0.2) is 48.8 Å². The number of methoxy groups -OCH3 is 1. The Morgan fingerprint density at radius 1 is 1.13 bits per heavy atom. The van der Waals surface area contributed by atoms with Gasteiger partial charge in [-0.15, -0.1) is 11.3 Å². The van der Waals surface area contributed by atoms with Gasteiger partial charge in [0.15, 0.2) is 0 Å². The maximum atomic E-state index is 13.3. The van der Waals surface area contributed by atoms with Crippen LogP contribution in [0.4, 0.5) is 5.69 Å². The summed E-state index contributed by atoms with van der Waals surface area (Å²) in [7, 11) is 1.26. The van der Waals surface area contributed by atoms with Gasteiger partial charge in [0, 0.05) is 34.3 Å². The molecule has 1 aliphatic rings. The smallest absolute Gasteiger partial charge is 0.325 e. The molecule has 0 saturated carbocycles. The molecule has 31 heavy (non-hydrogen) atoms. The summed E-state index contributed by atoms with van der Waals surface area (Å²) < 4.78 is 6.50. The first-order valence-corrected chi connectivity index (χ1v) is 11.7. The number of aromatic nitrogens is 1. The molecule has 0 atom stereocenters. The normalized spacial score (nSPS) is 12.7. The first-order valence-electron chi connectivity index (χ1n) is 9.69. The van der Waals surface area contributed by atoms with Crippen LogP contribution >= 0.6 is 23.1 Å². The van der Waals surface area contributed by atoms with Crippen molar-refractivity contribution in [2.75, 3.05) is 24.7 Å². The van der Waals surface area contributed by atoms with E-state index in [2.05, 4.69) is 15.4 Å². The molecule has 7 nitrogen and oxygen atoms in total. The number of esters is 1. The van der Waals surface area contributed by atoms with Crippen molar-refractivity contribution in [3.63, 3.8) is 0 Å². The number of carbonyl (C=O) groups excluding carboxylic acids is 3. The molecule has 0 fully saturated rings. The van der Waals surface area contributed by atoms with E-state index in [9.17, 15) is 14.4 Å². The molecule has 2 amide bonds. The molecule has 0 unspecified atom stereocenters. The van der Waals surface area contributed by atoms with E-state index in [1.807, 2.05) is 40.9 Å². The average molecular weight is 456 g/mol. The predicted octanol–water partition coefficient (Wildman–Crippen LogP) is 3.48. The van der Waals surface area contributed by atoms with Crippen LogP contribution in [-0.2, 0) is 21.7 Å². The zero-order valence-electron chi connectivity index (χ0n) is 16.8. The van der Waals surface area contributed by atoms with Crippen molar-refractivity contribution >= 4 is 46.6 Å². The van der Waals surface area contributed by atoms with Crippen LogP contribution in [0.3, 0.4) is 0 Å². The molecule has 3 heterocycles. The van der Waals surface area contributed by atoms with Crippen molar-refractivity contribution in [2.24, 2.45) is 0 Å². The van der Waals surface area contributed by atoms with Gasteiger partial charge in [0.05, 0.1) is 12.7 Å². The third kappa shape index (κ3) is 4.67. The van der Waals surface area contributed by atoms with Crippen molar-refractivity contribution in [2.45, 2.75) is 12.2 Å². The monoisotopic (exact) mass is 455 g/mol. The molecule has 1 aliphatic heterocycles. The summed E-state index contributed by atoms with van der Waals surface area (Å²) in [5.41, 5.74) is 2.66. The first-order chi connectivity index (χ1) is 15.1. The minimum absolute atomic E-state index is 0.194. The van der Waals surface area contributed by atoms with Crippen molar-refractivity contribution < 1.29 is 19.1 Å². The number of hydrogen-bond acceptors (Lipinski definition) is 6. The number of nitrogens with one attached hydrogen (secondary N) is 2. The van der Waals surface area contributed by atoms with Gasteiger partial charge in [-0.1, -0.05) is 6.07 Å². The highest BCUT2D eigenvalue weighted by molar-refractivity contribution is 7.98. The van der Waals surface area contributed by atoms with E-state index in [4.69, 9.17) is 0 Å². The lowest BCUT2D eigenvalue weighted by Crippen LogP contribution is -2.30. The molecule has 0 spiro atoms. The highest BCUT2D eigenvalue weighted by Crippen LogP contribution is 2.38. The third-order valence-corrected chi connectivity index (χ3v) is 7.29. The molecule has 0 radical (unpaired) electrons. The van der Waals surface area contributed by atoms with Crippen LogP contribution in [0.1, 0.15) is 31.2 Å². The molecule has 4 rings (SSSR count). The van der Waals surface area contributed by atoms with Gasteiger partial charge in [-0.2, -0.15) is 11.8 Å². The molecule has 160 valence electrons. The van der Waals surface area contributed by atoms with Gasteiger partial charge in [0.2, 0.25) is 0 Å². The zero-order chi connectivity index (χ0) is 21.8. The van der Waals surface area contributed by atoms with Crippen LogP contribution in [0.5, 0.6) is 0 Å². The van der Waals surface area contributed by atoms with E-state index in [0.29, 0.717) is 16.8 Å². The number of anilines is 1. The van der Waals surface area contributed by atoms with Crippen molar-refractivity contribution in [1.29, 1.82) is 0 Å². The Morgan fingerprint density at radius 2 is 1.94 bits per heavy atom. The number of thiophene rings is 1. The van der Waals surface area contributed by atoms with E-state index in [0.717, 1.165) is 28.5 Å². The predicted molar refractivity (Wildman–Crippen MR) is 122 cm³/mol. The van der Waals surface area contributed by atoms with E-state index < -0.39 is 11.9 Å². The highest BCUT2D eigenvalue weighted by atomic mass is 32.2. The number of hydrogen-bond donors (Lipinski definition) is 2. The van der Waals surface area contributed by atoms with Gasteiger partial charge >= 0.3 is 5.97 Å². The Hall–Kier alpha value is -3.04. The third-order valence-electron chi connectivity index (χ3n) is 4.87. The maximum absolute atomic E-state index is 13.3. The van der Waals surface area contributed by atoms with Gasteiger partial charge in [0.1, 0.15) is 11.5 Å². The van der Waals surface area contributed by atoms with Crippen LogP contribution in [0, 0.1) is 0 Å². The molecule has 0 aliphatic carbocycles. The summed E-state index contributed by atoms with van der Waals surface area (Å²) in [5.74, 6) is 0.762. The minimum atomic E-state index is -0.532. The van der Waals surface area contributed by atoms with Crippen LogP contribution < -0.4 is 10.6 Å². The van der Waals surface area contributed by atoms with Gasteiger partial charge in [-0.25, -0.2) is 0 Å². The number of ether oxygens (including phenoxy) is 1. The number of fused-ring (bicyclic) bond motifs is 1. The summed E-state index contributed by atoms with van der Waals surface area (Å²) in [6, 6.07) is 10.5. The first kappa shape index (κ1) is 21.2. The maximum Gasteiger partial charge on any atom is 0.325 e. The second-order valence-electron chi connectivity index (χ2n) is 6.87. The van der Waals surface area contributed by atoms with Gasteiger partial charge in [-0.3, -0.25) is 14.4 Å². The van der Waals surface area contributed by atoms with E-state index in [1.54, 1.807) is 35.6 Å². The van der Waals surface area contributed by atoms with Crippen molar-refractivity contribution in [3.05, 3.63) is 70.4 Å². The van der Waals surface area contributed by atoms with E-state index in [-0.39, 0.29) is 12.5 Å². The van der Waals surface area contributed by atoms with Crippen LogP contribution in [0.25, 0.3) is 5.00 Å². The summed E-state index contributed by atoms with van der Waals surface area (Å²) in [6.45, 7) is -0.217. The second-order valence-corrected chi connectivity index (χ2v) is 9.06. The lowest BCUT2D eigenvalue weighted by atomic mass is 10.1. The molecule has 2 N–H and O–H groups in total. The van der Waals surface area contributed by atoms with Gasteiger partial charge < -0.3 is 19.9 Å². The Balaban J connectivity index is 1.57. The van der Waals surface area contributed by atoms with Crippen molar-refractivity contribution in [1.82, 2.24) is 9.88 Å². The molecule has 2 aromatic heterocycles. The molecule has 3 aromatic rings.